The first-order valence-electron chi connectivity index (χ1n) is 6.73. The Labute approximate surface area is 108 Å². The van der Waals surface area contributed by atoms with E-state index in [4.69, 9.17) is 4.42 Å². The molecule has 0 radical (unpaired) electrons. The van der Waals surface area contributed by atoms with Crippen LogP contribution in [0, 0.1) is 0 Å². The monoisotopic (exact) mass is 241 g/mol. The highest BCUT2D eigenvalue weighted by Gasteiger charge is 2.26. The summed E-state index contributed by atoms with van der Waals surface area (Å²) >= 11 is 0. The van der Waals surface area contributed by atoms with Gasteiger partial charge in [0, 0.05) is 12.5 Å². The Bertz CT molecular complexity index is 504. The number of rotatable bonds is 5. The van der Waals surface area contributed by atoms with Gasteiger partial charge in [0.05, 0.1) is 12.3 Å². The molecule has 2 unspecified atom stereocenters. The van der Waals surface area contributed by atoms with Gasteiger partial charge in [0.15, 0.2) is 0 Å². The summed E-state index contributed by atoms with van der Waals surface area (Å²) in [5.41, 5.74) is 3.02. The van der Waals surface area contributed by atoms with E-state index in [0.29, 0.717) is 12.0 Å². The normalized spacial score (nSPS) is 19.1. The molecular formula is C16H19NO. The molecule has 0 fully saturated rings. The number of furan rings is 1. The van der Waals surface area contributed by atoms with Gasteiger partial charge in [0.2, 0.25) is 0 Å². The summed E-state index contributed by atoms with van der Waals surface area (Å²) in [5.74, 6) is 1.72. The van der Waals surface area contributed by atoms with Crippen LogP contribution in [0.25, 0.3) is 0 Å². The van der Waals surface area contributed by atoms with Crippen LogP contribution in [0.1, 0.15) is 42.2 Å². The third-order valence-electron chi connectivity index (χ3n) is 3.87. The van der Waals surface area contributed by atoms with Crippen LogP contribution in [0.5, 0.6) is 0 Å². The van der Waals surface area contributed by atoms with Crippen LogP contribution >= 0.6 is 0 Å². The van der Waals surface area contributed by atoms with Gasteiger partial charge >= 0.3 is 0 Å². The summed E-state index contributed by atoms with van der Waals surface area (Å²) in [7, 11) is 0. The van der Waals surface area contributed by atoms with Crippen LogP contribution in [0.3, 0.4) is 0 Å². The van der Waals surface area contributed by atoms with Gasteiger partial charge in [-0.05, 0) is 36.1 Å². The number of benzene rings is 1. The maximum absolute atomic E-state index is 5.48. The summed E-state index contributed by atoms with van der Waals surface area (Å²) in [6, 6.07) is 13.1. The van der Waals surface area contributed by atoms with Crippen LogP contribution in [-0.2, 0) is 6.42 Å². The molecule has 18 heavy (non-hydrogen) atoms. The van der Waals surface area contributed by atoms with Crippen molar-refractivity contribution in [3.05, 3.63) is 59.5 Å². The molecule has 1 N–H and O–H groups in total. The maximum atomic E-state index is 5.48. The Morgan fingerprint density at radius 2 is 2.17 bits per heavy atom. The van der Waals surface area contributed by atoms with E-state index in [1.165, 1.54) is 17.5 Å². The summed E-state index contributed by atoms with van der Waals surface area (Å²) in [4.78, 5) is 0. The highest BCUT2D eigenvalue weighted by molar-refractivity contribution is 5.40. The first-order valence-corrected chi connectivity index (χ1v) is 6.73. The largest absolute Gasteiger partial charge is 0.468 e. The average molecular weight is 241 g/mol. The van der Waals surface area contributed by atoms with E-state index >= 15 is 0 Å². The van der Waals surface area contributed by atoms with Gasteiger partial charge in [0.1, 0.15) is 5.76 Å². The zero-order valence-corrected chi connectivity index (χ0v) is 10.7. The fraction of sp³-hybridized carbons (Fsp3) is 0.375. The van der Waals surface area contributed by atoms with Gasteiger partial charge in [-0.15, -0.1) is 0 Å². The van der Waals surface area contributed by atoms with E-state index in [1.807, 2.05) is 6.07 Å². The molecule has 1 aromatic carbocycles. The van der Waals surface area contributed by atoms with Crippen LogP contribution in [0.4, 0.5) is 0 Å². The Kier molecular flexibility index (Phi) is 3.20. The van der Waals surface area contributed by atoms with Crippen LogP contribution in [0.15, 0.2) is 47.1 Å². The molecule has 2 aromatic rings. The molecule has 1 aliphatic rings. The molecule has 1 aromatic heterocycles. The quantitative estimate of drug-likeness (QED) is 0.864. The second-order valence-electron chi connectivity index (χ2n) is 4.98. The van der Waals surface area contributed by atoms with Gasteiger partial charge in [-0.2, -0.15) is 0 Å². The molecule has 2 heteroatoms. The highest BCUT2D eigenvalue weighted by Crippen LogP contribution is 2.34. The smallest absolute Gasteiger partial charge is 0.120 e. The van der Waals surface area contributed by atoms with E-state index in [-0.39, 0.29) is 0 Å². The van der Waals surface area contributed by atoms with Gasteiger partial charge in [0.25, 0.3) is 0 Å². The summed E-state index contributed by atoms with van der Waals surface area (Å²) < 4.78 is 5.48. The SMILES string of the molecule is CCC(NCC1Cc2ccccc21)c1ccco1. The van der Waals surface area contributed by atoms with Crippen LogP contribution in [0.2, 0.25) is 0 Å². The summed E-state index contributed by atoms with van der Waals surface area (Å²) in [6.45, 7) is 3.23. The van der Waals surface area contributed by atoms with Gasteiger partial charge in [-0.3, -0.25) is 0 Å². The Morgan fingerprint density at radius 3 is 2.89 bits per heavy atom. The number of fused-ring (bicyclic) bond motifs is 1. The van der Waals surface area contributed by atoms with E-state index in [1.54, 1.807) is 6.26 Å². The van der Waals surface area contributed by atoms with Crippen molar-refractivity contribution >= 4 is 0 Å². The molecule has 1 heterocycles. The van der Waals surface area contributed by atoms with E-state index in [9.17, 15) is 0 Å². The molecule has 0 bridgehead atoms. The first kappa shape index (κ1) is 11.5. The van der Waals surface area contributed by atoms with Crippen molar-refractivity contribution in [2.75, 3.05) is 6.54 Å². The molecule has 0 spiro atoms. The highest BCUT2D eigenvalue weighted by atomic mass is 16.3. The van der Waals surface area contributed by atoms with Gasteiger partial charge < -0.3 is 9.73 Å². The predicted molar refractivity (Wildman–Crippen MR) is 72.6 cm³/mol. The van der Waals surface area contributed by atoms with E-state index in [0.717, 1.165) is 18.7 Å². The minimum absolute atomic E-state index is 0.341. The summed E-state index contributed by atoms with van der Waals surface area (Å²) in [5, 5.41) is 3.62. The molecule has 0 amide bonds. The van der Waals surface area contributed by atoms with Crippen molar-refractivity contribution in [3.63, 3.8) is 0 Å². The molecule has 3 rings (SSSR count). The molecular weight excluding hydrogens is 222 g/mol. The fourth-order valence-corrected chi connectivity index (χ4v) is 2.76. The Morgan fingerprint density at radius 1 is 1.28 bits per heavy atom. The van der Waals surface area contributed by atoms with Crippen LogP contribution in [-0.4, -0.2) is 6.54 Å². The number of hydrogen-bond acceptors (Lipinski definition) is 2. The lowest BCUT2D eigenvalue weighted by atomic mass is 9.77. The molecule has 94 valence electrons. The number of hydrogen-bond donors (Lipinski definition) is 1. The van der Waals surface area contributed by atoms with Crippen molar-refractivity contribution in [2.45, 2.75) is 31.7 Å². The van der Waals surface area contributed by atoms with Crippen molar-refractivity contribution < 1.29 is 4.42 Å². The molecule has 0 saturated heterocycles. The van der Waals surface area contributed by atoms with Crippen molar-refractivity contribution in [1.82, 2.24) is 5.32 Å². The molecule has 1 aliphatic carbocycles. The van der Waals surface area contributed by atoms with Crippen molar-refractivity contribution in [3.8, 4) is 0 Å². The molecule has 0 aliphatic heterocycles. The fourth-order valence-electron chi connectivity index (χ4n) is 2.76. The summed E-state index contributed by atoms with van der Waals surface area (Å²) in [6.07, 6.45) is 4.01. The lowest BCUT2D eigenvalue weighted by molar-refractivity contribution is 0.387. The first-order chi connectivity index (χ1) is 8.88. The third kappa shape index (κ3) is 2.08. The second-order valence-corrected chi connectivity index (χ2v) is 4.98. The Balaban J connectivity index is 1.59. The van der Waals surface area contributed by atoms with Crippen molar-refractivity contribution in [1.29, 1.82) is 0 Å². The third-order valence-corrected chi connectivity index (χ3v) is 3.87. The van der Waals surface area contributed by atoms with Crippen LogP contribution < -0.4 is 5.32 Å². The van der Waals surface area contributed by atoms with E-state index in [2.05, 4.69) is 42.6 Å². The second kappa shape index (κ2) is 4.99. The van der Waals surface area contributed by atoms with Gasteiger partial charge in [-0.1, -0.05) is 31.2 Å². The standard InChI is InChI=1S/C16H19NO/c1-2-15(16-8-5-9-18-16)17-11-13-10-12-6-3-4-7-14(12)13/h3-9,13,15,17H,2,10-11H2,1H3. The zero-order valence-electron chi connectivity index (χ0n) is 10.7. The lowest BCUT2D eigenvalue weighted by Crippen LogP contribution is -2.31. The van der Waals surface area contributed by atoms with Crippen molar-refractivity contribution in [2.24, 2.45) is 0 Å². The molecule has 0 saturated carbocycles. The van der Waals surface area contributed by atoms with Gasteiger partial charge in [-0.25, -0.2) is 0 Å². The maximum Gasteiger partial charge on any atom is 0.120 e. The predicted octanol–water partition coefficient (Wildman–Crippen LogP) is 3.66. The Hall–Kier alpha value is -1.54. The topological polar surface area (TPSA) is 25.2 Å². The minimum Gasteiger partial charge on any atom is -0.468 e. The van der Waals surface area contributed by atoms with E-state index < -0.39 is 0 Å². The average Bonchev–Trinajstić information content (AvgIpc) is 2.89. The lowest BCUT2D eigenvalue weighted by Gasteiger charge is -2.31. The zero-order chi connectivity index (χ0) is 12.4. The molecule has 2 nitrogen and oxygen atoms in total. The molecule has 2 atom stereocenters. The number of nitrogens with one attached hydrogen (secondary N) is 1. The minimum atomic E-state index is 0.341.